The van der Waals surface area contributed by atoms with Gasteiger partial charge < -0.3 is 15.2 Å². The van der Waals surface area contributed by atoms with Crippen LogP contribution in [-0.4, -0.2) is 28.2 Å². The highest BCUT2D eigenvalue weighted by atomic mass is 16.5. The highest BCUT2D eigenvalue weighted by molar-refractivity contribution is 5.87. The van der Waals surface area contributed by atoms with Crippen molar-refractivity contribution < 1.29 is 14.6 Å². The van der Waals surface area contributed by atoms with Gasteiger partial charge in [0.2, 0.25) is 0 Å². The number of rotatable bonds is 4. The van der Waals surface area contributed by atoms with Crippen LogP contribution >= 0.6 is 0 Å². The fourth-order valence-electron chi connectivity index (χ4n) is 1.50. The van der Waals surface area contributed by atoms with Gasteiger partial charge in [-0.15, -0.1) is 0 Å². The number of aromatic hydroxyl groups is 1. The number of aromatic nitrogens is 2. The van der Waals surface area contributed by atoms with E-state index in [1.807, 2.05) is 6.07 Å². The van der Waals surface area contributed by atoms with Crippen LogP contribution in [0.5, 0.6) is 5.75 Å². The summed E-state index contributed by atoms with van der Waals surface area (Å²) in [7, 11) is 1.28. The third kappa shape index (κ3) is 3.19. The summed E-state index contributed by atoms with van der Waals surface area (Å²) in [6, 6.07) is 6.97. The number of phenols is 1. The van der Waals surface area contributed by atoms with Gasteiger partial charge >= 0.3 is 5.97 Å². The molecule has 2 aromatic rings. The van der Waals surface area contributed by atoms with Gasteiger partial charge in [-0.25, -0.2) is 9.78 Å². The van der Waals surface area contributed by atoms with Gasteiger partial charge in [0.25, 0.3) is 0 Å². The van der Waals surface area contributed by atoms with Gasteiger partial charge in [0.1, 0.15) is 11.6 Å². The molecule has 2 rings (SSSR count). The molecule has 0 aliphatic heterocycles. The third-order valence-electron chi connectivity index (χ3n) is 2.48. The monoisotopic (exact) mass is 259 g/mol. The number of nitrogens with one attached hydrogen (secondary N) is 1. The molecule has 0 unspecified atom stereocenters. The van der Waals surface area contributed by atoms with Crippen molar-refractivity contribution in [2.24, 2.45) is 0 Å². The Morgan fingerprint density at radius 2 is 2.16 bits per heavy atom. The van der Waals surface area contributed by atoms with E-state index in [-0.39, 0.29) is 11.4 Å². The van der Waals surface area contributed by atoms with Crippen LogP contribution in [0.1, 0.15) is 16.1 Å². The van der Waals surface area contributed by atoms with Gasteiger partial charge in [0.05, 0.1) is 19.5 Å². The first-order chi connectivity index (χ1) is 9.20. The van der Waals surface area contributed by atoms with Crippen molar-refractivity contribution in [3.8, 4) is 5.75 Å². The molecule has 1 aromatic carbocycles. The molecule has 98 valence electrons. The van der Waals surface area contributed by atoms with E-state index in [2.05, 4.69) is 20.0 Å². The lowest BCUT2D eigenvalue weighted by Gasteiger charge is -2.07. The molecule has 19 heavy (non-hydrogen) atoms. The van der Waals surface area contributed by atoms with Crippen LogP contribution in [-0.2, 0) is 11.3 Å². The van der Waals surface area contributed by atoms with Crippen LogP contribution in [0.25, 0.3) is 0 Å². The van der Waals surface area contributed by atoms with E-state index in [9.17, 15) is 9.90 Å². The van der Waals surface area contributed by atoms with Gasteiger partial charge in [0.15, 0.2) is 5.69 Å². The lowest BCUT2D eigenvalue weighted by molar-refractivity contribution is 0.0593. The fourth-order valence-corrected chi connectivity index (χ4v) is 1.50. The molecule has 2 N–H and O–H groups in total. The minimum absolute atomic E-state index is 0.129. The van der Waals surface area contributed by atoms with Crippen molar-refractivity contribution in [2.45, 2.75) is 6.54 Å². The largest absolute Gasteiger partial charge is 0.508 e. The topological polar surface area (TPSA) is 84.3 Å². The number of anilines is 1. The molecule has 6 heteroatoms. The quantitative estimate of drug-likeness (QED) is 0.811. The third-order valence-corrected chi connectivity index (χ3v) is 2.48. The molecule has 0 saturated heterocycles. The highest BCUT2D eigenvalue weighted by Crippen LogP contribution is 2.16. The zero-order valence-electron chi connectivity index (χ0n) is 10.3. The zero-order chi connectivity index (χ0) is 13.7. The van der Waals surface area contributed by atoms with Crippen LogP contribution in [0.4, 0.5) is 5.82 Å². The van der Waals surface area contributed by atoms with E-state index in [4.69, 9.17) is 0 Å². The van der Waals surface area contributed by atoms with Gasteiger partial charge in [-0.3, -0.25) is 4.98 Å². The van der Waals surface area contributed by atoms with Crippen molar-refractivity contribution in [1.82, 2.24) is 9.97 Å². The first-order valence-electron chi connectivity index (χ1n) is 5.62. The second-order valence-electron chi connectivity index (χ2n) is 3.76. The summed E-state index contributed by atoms with van der Waals surface area (Å²) < 4.78 is 4.56. The molecule has 0 atom stereocenters. The normalized spacial score (nSPS) is 9.95. The molecule has 0 spiro atoms. The number of benzene rings is 1. The summed E-state index contributed by atoms with van der Waals surface area (Å²) in [6.45, 7) is 0.381. The molecule has 6 nitrogen and oxygen atoms in total. The van der Waals surface area contributed by atoms with Crippen molar-refractivity contribution >= 4 is 11.8 Å². The Morgan fingerprint density at radius 3 is 2.89 bits per heavy atom. The Balaban J connectivity index is 2.08. The Bertz CT molecular complexity index is 587. The second-order valence-corrected chi connectivity index (χ2v) is 3.76. The highest BCUT2D eigenvalue weighted by Gasteiger charge is 2.08. The summed E-state index contributed by atoms with van der Waals surface area (Å²) in [4.78, 5) is 19.3. The summed E-state index contributed by atoms with van der Waals surface area (Å²) in [6.07, 6.45) is 2.82. The van der Waals surface area contributed by atoms with Crippen molar-refractivity contribution in [1.29, 1.82) is 0 Å². The predicted octanol–water partition coefficient (Wildman–Crippen LogP) is 1.58. The fraction of sp³-hybridized carbons (Fsp3) is 0.154. The summed E-state index contributed by atoms with van der Waals surface area (Å²) >= 11 is 0. The van der Waals surface area contributed by atoms with E-state index < -0.39 is 5.97 Å². The second kappa shape index (κ2) is 5.81. The van der Waals surface area contributed by atoms with Crippen LogP contribution < -0.4 is 5.32 Å². The van der Waals surface area contributed by atoms with Crippen molar-refractivity contribution in [3.63, 3.8) is 0 Å². The van der Waals surface area contributed by atoms with Crippen LogP contribution in [0.2, 0.25) is 0 Å². The molecule has 0 fully saturated rings. The summed E-state index contributed by atoms with van der Waals surface area (Å²) in [5.41, 5.74) is 0.859. The molecule has 0 aliphatic rings. The van der Waals surface area contributed by atoms with Gasteiger partial charge in [-0.05, 0) is 6.07 Å². The Morgan fingerprint density at radius 1 is 1.37 bits per heavy atom. The number of carbonyl (C=O) groups excluding carboxylic acids is 1. The average molecular weight is 259 g/mol. The minimum atomic E-state index is -0.543. The first-order valence-corrected chi connectivity index (χ1v) is 5.62. The average Bonchev–Trinajstić information content (AvgIpc) is 2.46. The maximum atomic E-state index is 11.3. The Kier molecular flexibility index (Phi) is 3.92. The molecule has 0 aliphatic carbocycles. The van der Waals surface area contributed by atoms with E-state index in [0.29, 0.717) is 12.4 Å². The summed E-state index contributed by atoms with van der Waals surface area (Å²) in [5.74, 6) is 0.0944. The SMILES string of the molecule is COC(=O)c1cncc(NCc2ccccc2O)n1. The molecule has 0 amide bonds. The van der Waals surface area contributed by atoms with Crippen LogP contribution in [0.3, 0.4) is 0 Å². The van der Waals surface area contributed by atoms with E-state index in [1.54, 1.807) is 18.2 Å². The Labute approximate surface area is 110 Å². The van der Waals surface area contributed by atoms with E-state index in [0.717, 1.165) is 5.56 Å². The number of hydrogen-bond acceptors (Lipinski definition) is 6. The molecular formula is C13H13N3O3. The standard InChI is InChI=1S/C13H13N3O3/c1-19-13(18)10-7-14-8-12(16-10)15-6-9-4-2-3-5-11(9)17/h2-5,7-8,17H,6H2,1H3,(H,15,16). The van der Waals surface area contributed by atoms with E-state index >= 15 is 0 Å². The summed E-state index contributed by atoms with van der Waals surface area (Å²) in [5, 5.41) is 12.6. The number of para-hydroxylation sites is 1. The minimum Gasteiger partial charge on any atom is -0.508 e. The number of esters is 1. The van der Waals surface area contributed by atoms with Gasteiger partial charge in [-0.1, -0.05) is 18.2 Å². The van der Waals surface area contributed by atoms with Gasteiger partial charge in [-0.2, -0.15) is 0 Å². The predicted molar refractivity (Wildman–Crippen MR) is 68.8 cm³/mol. The number of nitrogens with zero attached hydrogens (tertiary/aromatic N) is 2. The van der Waals surface area contributed by atoms with E-state index in [1.165, 1.54) is 19.5 Å². The Hall–Kier alpha value is -2.63. The number of carbonyl (C=O) groups is 1. The first kappa shape index (κ1) is 12.8. The zero-order valence-corrected chi connectivity index (χ0v) is 10.3. The van der Waals surface area contributed by atoms with Crippen molar-refractivity contribution in [3.05, 3.63) is 47.9 Å². The molecule has 0 saturated carbocycles. The molecule has 1 heterocycles. The maximum Gasteiger partial charge on any atom is 0.358 e. The van der Waals surface area contributed by atoms with Gasteiger partial charge in [0, 0.05) is 12.1 Å². The molecule has 0 radical (unpaired) electrons. The number of ether oxygens (including phenoxy) is 1. The maximum absolute atomic E-state index is 11.3. The lowest BCUT2D eigenvalue weighted by Crippen LogP contribution is -2.08. The number of methoxy groups -OCH3 is 1. The smallest absolute Gasteiger partial charge is 0.358 e. The molecule has 0 bridgehead atoms. The number of hydrogen-bond donors (Lipinski definition) is 2. The molecular weight excluding hydrogens is 246 g/mol. The number of phenolic OH excluding ortho intramolecular Hbond substituents is 1. The van der Waals surface area contributed by atoms with Crippen LogP contribution in [0, 0.1) is 0 Å². The molecule has 1 aromatic heterocycles. The van der Waals surface area contributed by atoms with Crippen molar-refractivity contribution in [2.75, 3.05) is 12.4 Å². The van der Waals surface area contributed by atoms with Crippen LogP contribution in [0.15, 0.2) is 36.7 Å². The lowest BCUT2D eigenvalue weighted by atomic mass is 10.2.